The standard InChI is InChI=1S/C21H27N3O5S/c1-14-11-17(13-19(15(14)2)30(28,29)24(3)4)21(27)23-10-6-9-22-20(26)16-7-5-8-18(25)12-16/h5,7-8,11-13,25H,6,9-10H2,1-4H3,(H,22,26)(H,23,27). The van der Waals surface area contributed by atoms with Gasteiger partial charge in [-0.15, -0.1) is 0 Å². The molecule has 0 atom stereocenters. The predicted octanol–water partition coefficient (Wildman–Crippen LogP) is 1.81. The Morgan fingerprint density at radius 3 is 2.13 bits per heavy atom. The van der Waals surface area contributed by atoms with Gasteiger partial charge in [-0.25, -0.2) is 12.7 Å². The number of phenols is 1. The lowest BCUT2D eigenvalue weighted by Gasteiger charge is -2.16. The number of rotatable bonds is 8. The SMILES string of the molecule is Cc1cc(C(=O)NCCCNC(=O)c2cccc(O)c2)cc(S(=O)(=O)N(C)C)c1C. The van der Waals surface area contributed by atoms with Crippen LogP contribution < -0.4 is 10.6 Å². The summed E-state index contributed by atoms with van der Waals surface area (Å²) in [5, 5.41) is 14.9. The highest BCUT2D eigenvalue weighted by atomic mass is 32.2. The Morgan fingerprint density at radius 1 is 0.967 bits per heavy atom. The highest BCUT2D eigenvalue weighted by molar-refractivity contribution is 7.89. The van der Waals surface area contributed by atoms with E-state index in [2.05, 4.69) is 10.6 Å². The van der Waals surface area contributed by atoms with Gasteiger partial charge in [0.15, 0.2) is 0 Å². The van der Waals surface area contributed by atoms with Crippen molar-refractivity contribution in [2.75, 3.05) is 27.2 Å². The van der Waals surface area contributed by atoms with E-state index in [9.17, 15) is 23.1 Å². The molecule has 2 aromatic carbocycles. The summed E-state index contributed by atoms with van der Waals surface area (Å²) in [7, 11) is -0.773. The molecule has 9 heteroatoms. The van der Waals surface area contributed by atoms with E-state index >= 15 is 0 Å². The van der Waals surface area contributed by atoms with Crippen molar-refractivity contribution in [3.05, 3.63) is 58.7 Å². The molecule has 0 aliphatic rings. The quantitative estimate of drug-likeness (QED) is 0.549. The second-order valence-corrected chi connectivity index (χ2v) is 9.24. The molecule has 0 unspecified atom stereocenters. The maximum absolute atomic E-state index is 12.5. The molecule has 0 saturated heterocycles. The van der Waals surface area contributed by atoms with Crippen LogP contribution in [0.1, 0.15) is 38.3 Å². The zero-order valence-corrected chi connectivity index (χ0v) is 18.3. The maximum atomic E-state index is 12.5. The molecule has 0 aromatic heterocycles. The highest BCUT2D eigenvalue weighted by Crippen LogP contribution is 2.23. The Balaban J connectivity index is 1.94. The van der Waals surface area contributed by atoms with E-state index in [1.807, 2.05) is 0 Å². The molecule has 0 saturated carbocycles. The third-order valence-electron chi connectivity index (χ3n) is 4.67. The summed E-state index contributed by atoms with van der Waals surface area (Å²) in [6.07, 6.45) is 0.490. The fraction of sp³-hybridized carbons (Fsp3) is 0.333. The van der Waals surface area contributed by atoms with Crippen molar-refractivity contribution in [1.29, 1.82) is 0 Å². The molecule has 8 nitrogen and oxygen atoms in total. The summed E-state index contributed by atoms with van der Waals surface area (Å²) in [5.74, 6) is -0.684. The topological polar surface area (TPSA) is 116 Å². The number of nitrogens with one attached hydrogen (secondary N) is 2. The Hall–Kier alpha value is -2.91. The number of sulfonamides is 1. The van der Waals surface area contributed by atoms with Crippen LogP contribution in [0.4, 0.5) is 0 Å². The largest absolute Gasteiger partial charge is 0.508 e. The van der Waals surface area contributed by atoms with Gasteiger partial charge in [0, 0.05) is 38.3 Å². The number of carbonyl (C=O) groups is 2. The predicted molar refractivity (Wildman–Crippen MR) is 114 cm³/mol. The van der Waals surface area contributed by atoms with Crippen molar-refractivity contribution >= 4 is 21.8 Å². The number of benzene rings is 2. The lowest BCUT2D eigenvalue weighted by atomic mass is 10.1. The molecular formula is C21H27N3O5S. The van der Waals surface area contributed by atoms with Crippen molar-refractivity contribution < 1.29 is 23.1 Å². The fourth-order valence-corrected chi connectivity index (χ4v) is 3.98. The van der Waals surface area contributed by atoms with Crippen LogP contribution in [-0.2, 0) is 10.0 Å². The molecular weight excluding hydrogens is 406 g/mol. The van der Waals surface area contributed by atoms with Gasteiger partial charge in [0.1, 0.15) is 5.75 Å². The Bertz CT molecular complexity index is 1050. The van der Waals surface area contributed by atoms with E-state index in [1.165, 1.54) is 32.3 Å². The Labute approximate surface area is 177 Å². The van der Waals surface area contributed by atoms with Crippen LogP contribution in [0.2, 0.25) is 0 Å². The number of carbonyl (C=O) groups excluding carboxylic acids is 2. The first kappa shape index (κ1) is 23.4. The molecule has 30 heavy (non-hydrogen) atoms. The third-order valence-corrected chi connectivity index (χ3v) is 6.61. The molecule has 0 fully saturated rings. The molecule has 0 heterocycles. The molecule has 0 spiro atoms. The van der Waals surface area contributed by atoms with E-state index in [0.29, 0.717) is 36.2 Å². The minimum absolute atomic E-state index is 0.0129. The van der Waals surface area contributed by atoms with Crippen LogP contribution in [0, 0.1) is 13.8 Å². The maximum Gasteiger partial charge on any atom is 0.251 e. The van der Waals surface area contributed by atoms with Crippen molar-refractivity contribution in [2.45, 2.75) is 25.2 Å². The molecule has 162 valence electrons. The van der Waals surface area contributed by atoms with E-state index in [0.717, 1.165) is 4.31 Å². The molecule has 2 amide bonds. The Kier molecular flexibility index (Phi) is 7.58. The Morgan fingerprint density at radius 2 is 1.57 bits per heavy atom. The van der Waals surface area contributed by atoms with Gasteiger partial charge in [-0.3, -0.25) is 9.59 Å². The van der Waals surface area contributed by atoms with Crippen LogP contribution >= 0.6 is 0 Å². The summed E-state index contributed by atoms with van der Waals surface area (Å²) >= 11 is 0. The van der Waals surface area contributed by atoms with Crippen LogP contribution in [0.3, 0.4) is 0 Å². The first-order valence-corrected chi connectivity index (χ1v) is 10.9. The van der Waals surface area contributed by atoms with Crippen LogP contribution in [-0.4, -0.2) is 56.8 Å². The first-order valence-electron chi connectivity index (χ1n) is 9.43. The minimum Gasteiger partial charge on any atom is -0.508 e. The summed E-state index contributed by atoms with van der Waals surface area (Å²) in [6.45, 7) is 4.12. The smallest absolute Gasteiger partial charge is 0.251 e. The molecule has 0 bridgehead atoms. The lowest BCUT2D eigenvalue weighted by Crippen LogP contribution is -2.30. The second kappa shape index (κ2) is 9.73. The van der Waals surface area contributed by atoms with E-state index in [4.69, 9.17) is 0 Å². The number of aryl methyl sites for hydroxylation is 1. The first-order chi connectivity index (χ1) is 14.0. The van der Waals surface area contributed by atoms with Gasteiger partial charge < -0.3 is 15.7 Å². The molecule has 2 aromatic rings. The average Bonchev–Trinajstić information content (AvgIpc) is 2.68. The average molecular weight is 434 g/mol. The van der Waals surface area contributed by atoms with Gasteiger partial charge in [-0.05, 0) is 61.7 Å². The number of hydrogen-bond acceptors (Lipinski definition) is 5. The van der Waals surface area contributed by atoms with Crippen molar-refractivity contribution in [1.82, 2.24) is 14.9 Å². The van der Waals surface area contributed by atoms with E-state index in [-0.39, 0.29) is 28.0 Å². The summed E-state index contributed by atoms with van der Waals surface area (Å²) in [4.78, 5) is 24.6. The second-order valence-electron chi connectivity index (χ2n) is 7.12. The van der Waals surface area contributed by atoms with Gasteiger partial charge >= 0.3 is 0 Å². The zero-order chi connectivity index (χ0) is 22.5. The van der Waals surface area contributed by atoms with E-state index < -0.39 is 10.0 Å². The minimum atomic E-state index is -3.67. The normalized spacial score (nSPS) is 11.4. The van der Waals surface area contributed by atoms with Crippen LogP contribution in [0.25, 0.3) is 0 Å². The molecule has 0 aliphatic heterocycles. The monoisotopic (exact) mass is 433 g/mol. The number of nitrogens with zero attached hydrogens (tertiary/aromatic N) is 1. The van der Waals surface area contributed by atoms with Crippen molar-refractivity contribution in [3.8, 4) is 5.75 Å². The zero-order valence-electron chi connectivity index (χ0n) is 17.5. The summed E-state index contributed by atoms with van der Waals surface area (Å²) in [6, 6.07) is 9.07. The van der Waals surface area contributed by atoms with Crippen molar-refractivity contribution in [2.24, 2.45) is 0 Å². The van der Waals surface area contributed by atoms with Gasteiger partial charge in [0.05, 0.1) is 4.90 Å². The van der Waals surface area contributed by atoms with Crippen molar-refractivity contribution in [3.63, 3.8) is 0 Å². The number of amides is 2. The van der Waals surface area contributed by atoms with Crippen LogP contribution in [0.15, 0.2) is 41.3 Å². The molecule has 0 radical (unpaired) electrons. The van der Waals surface area contributed by atoms with Crippen LogP contribution in [0.5, 0.6) is 5.75 Å². The number of phenolic OH excluding ortho intramolecular Hbond substituents is 1. The molecule has 2 rings (SSSR count). The van der Waals surface area contributed by atoms with Gasteiger partial charge in [0.25, 0.3) is 11.8 Å². The van der Waals surface area contributed by atoms with Gasteiger partial charge in [-0.1, -0.05) is 6.07 Å². The molecule has 3 N–H and O–H groups in total. The highest BCUT2D eigenvalue weighted by Gasteiger charge is 2.22. The summed E-state index contributed by atoms with van der Waals surface area (Å²) < 4.78 is 26.2. The number of hydrogen-bond donors (Lipinski definition) is 3. The fourth-order valence-electron chi connectivity index (χ4n) is 2.77. The van der Waals surface area contributed by atoms with Gasteiger partial charge in [0.2, 0.25) is 10.0 Å². The van der Waals surface area contributed by atoms with E-state index in [1.54, 1.807) is 32.0 Å². The third kappa shape index (κ3) is 5.58. The lowest BCUT2D eigenvalue weighted by molar-refractivity contribution is 0.0951. The summed E-state index contributed by atoms with van der Waals surface area (Å²) in [5.41, 5.74) is 1.93. The number of aromatic hydroxyl groups is 1. The molecule has 0 aliphatic carbocycles. The van der Waals surface area contributed by atoms with Gasteiger partial charge in [-0.2, -0.15) is 0 Å².